The first-order valence-electron chi connectivity index (χ1n) is 3.65. The molecule has 0 saturated carbocycles. The van der Waals surface area contributed by atoms with Crippen molar-refractivity contribution in [3.05, 3.63) is 46.6 Å². The Morgan fingerprint density at radius 2 is 2.08 bits per heavy atom. The fraction of sp³-hybridized carbons (Fsp3) is 0. The van der Waals surface area contributed by atoms with Crippen LogP contribution in [-0.2, 0) is 0 Å². The first kappa shape index (κ1) is 8.26. The van der Waals surface area contributed by atoms with E-state index < -0.39 is 5.82 Å². The molecular formula is C9H5ClFNO. The number of pyridine rings is 1. The first-order chi connectivity index (χ1) is 6.18. The second kappa shape index (κ2) is 2.85. The summed E-state index contributed by atoms with van der Waals surface area (Å²) in [7, 11) is 0. The molecule has 1 aromatic carbocycles. The van der Waals surface area contributed by atoms with Gasteiger partial charge in [0.25, 0.3) is 5.15 Å². The zero-order valence-electron chi connectivity index (χ0n) is 6.50. The minimum atomic E-state index is -0.402. The van der Waals surface area contributed by atoms with Crippen molar-refractivity contribution < 1.29 is 9.12 Å². The molecule has 0 aliphatic rings. The van der Waals surface area contributed by atoms with Crippen molar-refractivity contribution in [3.8, 4) is 0 Å². The predicted octanol–water partition coefficient (Wildman–Crippen LogP) is 2.27. The standard InChI is InChI=1S/C9H5ClFNO/c10-9-8-5-7(11)2-1-6(8)3-4-12(9)13/h1-5H. The van der Waals surface area contributed by atoms with E-state index in [1.54, 1.807) is 12.1 Å². The molecule has 0 spiro atoms. The van der Waals surface area contributed by atoms with Gasteiger partial charge in [-0.25, -0.2) is 4.39 Å². The van der Waals surface area contributed by atoms with Gasteiger partial charge in [0.05, 0.1) is 5.39 Å². The van der Waals surface area contributed by atoms with E-state index in [9.17, 15) is 9.60 Å². The number of benzene rings is 1. The van der Waals surface area contributed by atoms with Crippen LogP contribution in [-0.4, -0.2) is 0 Å². The average molecular weight is 198 g/mol. The lowest BCUT2D eigenvalue weighted by atomic mass is 10.2. The first-order valence-corrected chi connectivity index (χ1v) is 4.03. The summed E-state index contributed by atoms with van der Waals surface area (Å²) in [4.78, 5) is 0. The quantitative estimate of drug-likeness (QED) is 0.362. The van der Waals surface area contributed by atoms with Gasteiger partial charge in [-0.15, -0.1) is 0 Å². The Labute approximate surface area is 78.8 Å². The molecule has 0 unspecified atom stereocenters. The van der Waals surface area contributed by atoms with Crippen LogP contribution in [0.15, 0.2) is 30.5 Å². The van der Waals surface area contributed by atoms with Crippen molar-refractivity contribution in [2.24, 2.45) is 0 Å². The van der Waals surface area contributed by atoms with Crippen LogP contribution in [0, 0.1) is 11.0 Å². The molecule has 2 aromatic rings. The summed E-state index contributed by atoms with van der Waals surface area (Å²) in [6.07, 6.45) is 1.29. The van der Waals surface area contributed by atoms with Crippen molar-refractivity contribution in [1.29, 1.82) is 0 Å². The van der Waals surface area contributed by atoms with E-state index in [1.807, 2.05) is 0 Å². The second-order valence-corrected chi connectivity index (χ2v) is 3.02. The molecule has 0 radical (unpaired) electrons. The highest BCUT2D eigenvalue weighted by atomic mass is 35.5. The summed E-state index contributed by atoms with van der Waals surface area (Å²) in [5.41, 5.74) is 0. The highest BCUT2D eigenvalue weighted by Crippen LogP contribution is 2.20. The molecule has 2 rings (SSSR count). The van der Waals surface area contributed by atoms with E-state index in [-0.39, 0.29) is 5.15 Å². The number of fused-ring (bicyclic) bond motifs is 1. The number of hydrogen-bond acceptors (Lipinski definition) is 1. The van der Waals surface area contributed by atoms with Gasteiger partial charge in [-0.3, -0.25) is 0 Å². The van der Waals surface area contributed by atoms with Crippen molar-refractivity contribution in [2.45, 2.75) is 0 Å². The van der Waals surface area contributed by atoms with Gasteiger partial charge in [-0.05, 0) is 29.1 Å². The smallest absolute Gasteiger partial charge is 0.294 e. The molecule has 13 heavy (non-hydrogen) atoms. The fourth-order valence-corrected chi connectivity index (χ4v) is 1.40. The van der Waals surface area contributed by atoms with Crippen LogP contribution in [0.25, 0.3) is 10.8 Å². The van der Waals surface area contributed by atoms with E-state index in [1.165, 1.54) is 18.3 Å². The SMILES string of the molecule is [O-][n+]1ccc2ccc(F)cc2c1Cl. The third-order valence-corrected chi connectivity index (χ3v) is 2.19. The van der Waals surface area contributed by atoms with Crippen LogP contribution >= 0.6 is 11.6 Å². The van der Waals surface area contributed by atoms with Crippen LogP contribution < -0.4 is 4.73 Å². The molecule has 0 aliphatic heterocycles. The number of hydrogen-bond donors (Lipinski definition) is 0. The summed E-state index contributed by atoms with van der Waals surface area (Å²) in [5, 5.41) is 12.2. The topological polar surface area (TPSA) is 26.9 Å². The molecule has 0 N–H and O–H groups in total. The molecule has 1 heterocycles. The number of halogens is 2. The van der Waals surface area contributed by atoms with Crippen molar-refractivity contribution in [2.75, 3.05) is 0 Å². The third-order valence-electron chi connectivity index (χ3n) is 1.82. The van der Waals surface area contributed by atoms with Crippen LogP contribution in [0.5, 0.6) is 0 Å². The molecule has 1 aromatic heterocycles. The Morgan fingerprint density at radius 1 is 1.31 bits per heavy atom. The van der Waals surface area contributed by atoms with E-state index in [0.29, 0.717) is 10.1 Å². The molecular weight excluding hydrogens is 193 g/mol. The number of rotatable bonds is 0. The zero-order valence-corrected chi connectivity index (χ0v) is 7.25. The summed E-state index contributed by atoms with van der Waals surface area (Å²) < 4.78 is 13.3. The molecule has 0 atom stereocenters. The maximum atomic E-state index is 12.8. The summed E-state index contributed by atoms with van der Waals surface area (Å²) in [6, 6.07) is 5.74. The van der Waals surface area contributed by atoms with E-state index in [0.717, 1.165) is 5.39 Å². The largest absolute Gasteiger partial charge is 0.618 e. The van der Waals surface area contributed by atoms with E-state index >= 15 is 0 Å². The Kier molecular flexibility index (Phi) is 1.81. The monoisotopic (exact) mass is 197 g/mol. The Balaban J connectivity index is 2.89. The van der Waals surface area contributed by atoms with Crippen molar-refractivity contribution in [3.63, 3.8) is 0 Å². The molecule has 2 nitrogen and oxygen atoms in total. The Morgan fingerprint density at radius 3 is 2.85 bits per heavy atom. The van der Waals surface area contributed by atoms with Gasteiger partial charge in [-0.1, -0.05) is 6.07 Å². The van der Waals surface area contributed by atoms with Gasteiger partial charge in [0, 0.05) is 6.07 Å². The molecule has 4 heteroatoms. The summed E-state index contributed by atoms with van der Waals surface area (Å²) in [6.45, 7) is 0. The number of aromatic nitrogens is 1. The van der Waals surface area contributed by atoms with Crippen LogP contribution in [0.3, 0.4) is 0 Å². The van der Waals surface area contributed by atoms with Crippen molar-refractivity contribution >= 4 is 22.4 Å². The predicted molar refractivity (Wildman–Crippen MR) is 47.9 cm³/mol. The third kappa shape index (κ3) is 1.31. The van der Waals surface area contributed by atoms with Gasteiger partial charge in [-0.2, -0.15) is 4.73 Å². The lowest BCUT2D eigenvalue weighted by molar-refractivity contribution is -0.601. The lowest BCUT2D eigenvalue weighted by Gasteiger charge is -2.01. The molecule has 0 amide bonds. The van der Waals surface area contributed by atoms with Gasteiger partial charge in [0.2, 0.25) is 0 Å². The highest BCUT2D eigenvalue weighted by Gasteiger charge is 2.08. The Bertz CT molecular complexity index is 467. The van der Waals surface area contributed by atoms with Crippen molar-refractivity contribution in [1.82, 2.24) is 0 Å². The van der Waals surface area contributed by atoms with Gasteiger partial charge >= 0.3 is 0 Å². The zero-order chi connectivity index (χ0) is 9.42. The van der Waals surface area contributed by atoms with Crippen LogP contribution in [0.4, 0.5) is 4.39 Å². The molecule has 0 bridgehead atoms. The average Bonchev–Trinajstić information content (AvgIpc) is 2.12. The Hall–Kier alpha value is -1.35. The molecule has 0 saturated heterocycles. The maximum absolute atomic E-state index is 12.8. The normalized spacial score (nSPS) is 10.6. The minimum absolute atomic E-state index is 0.00278. The fourth-order valence-electron chi connectivity index (χ4n) is 1.18. The molecule has 0 fully saturated rings. The molecule has 66 valence electrons. The summed E-state index contributed by atoms with van der Waals surface area (Å²) in [5.74, 6) is -0.402. The maximum Gasteiger partial charge on any atom is 0.294 e. The van der Waals surface area contributed by atoms with Gasteiger partial charge in [0.15, 0.2) is 6.20 Å². The van der Waals surface area contributed by atoms with Gasteiger partial charge < -0.3 is 5.21 Å². The van der Waals surface area contributed by atoms with Crippen LogP contribution in [0.2, 0.25) is 5.15 Å². The minimum Gasteiger partial charge on any atom is -0.618 e. The van der Waals surface area contributed by atoms with E-state index in [4.69, 9.17) is 11.6 Å². The van der Waals surface area contributed by atoms with Crippen LogP contribution in [0.1, 0.15) is 0 Å². The van der Waals surface area contributed by atoms with E-state index in [2.05, 4.69) is 0 Å². The molecule has 0 aliphatic carbocycles. The van der Waals surface area contributed by atoms with Gasteiger partial charge in [0.1, 0.15) is 5.82 Å². The lowest BCUT2D eigenvalue weighted by Crippen LogP contribution is -2.26. The highest BCUT2D eigenvalue weighted by molar-refractivity contribution is 6.33. The number of nitrogens with zero attached hydrogens (tertiary/aromatic N) is 1. The second-order valence-electron chi connectivity index (χ2n) is 2.66. The summed E-state index contributed by atoms with van der Waals surface area (Å²) >= 11 is 5.68.